The highest BCUT2D eigenvalue weighted by atomic mass is 19.4. The number of halogens is 3. The van der Waals surface area contributed by atoms with Gasteiger partial charge < -0.3 is 10.8 Å². The van der Waals surface area contributed by atoms with E-state index in [2.05, 4.69) is 0 Å². The second-order valence-corrected chi connectivity index (χ2v) is 3.28. The van der Waals surface area contributed by atoms with Gasteiger partial charge in [-0.1, -0.05) is 19.1 Å². The van der Waals surface area contributed by atoms with Crippen molar-refractivity contribution in [1.29, 1.82) is 0 Å². The molecule has 3 N–H and O–H groups in total. The zero-order valence-corrected chi connectivity index (χ0v) is 7.80. The second kappa shape index (κ2) is 4.00. The van der Waals surface area contributed by atoms with E-state index in [1.807, 2.05) is 0 Å². The van der Waals surface area contributed by atoms with E-state index < -0.39 is 23.6 Å². The summed E-state index contributed by atoms with van der Waals surface area (Å²) in [5.41, 5.74) is 3.43. The predicted molar refractivity (Wildman–Crippen MR) is 44.6 cm³/mol. The van der Waals surface area contributed by atoms with Gasteiger partial charge in [-0.05, 0) is 6.92 Å². The van der Waals surface area contributed by atoms with Crippen LogP contribution in [0.15, 0.2) is 12.2 Å². The summed E-state index contributed by atoms with van der Waals surface area (Å²) in [6.45, 7) is 2.04. The number of nitrogens with two attached hydrogens (primary N) is 1. The van der Waals surface area contributed by atoms with Crippen molar-refractivity contribution in [2.75, 3.05) is 0 Å². The van der Waals surface area contributed by atoms with Crippen molar-refractivity contribution in [2.45, 2.75) is 25.6 Å². The van der Waals surface area contributed by atoms with Crippen molar-refractivity contribution in [3.8, 4) is 0 Å². The fraction of sp³-hybridized carbons (Fsp3) is 0.625. The molecule has 14 heavy (non-hydrogen) atoms. The van der Waals surface area contributed by atoms with Crippen molar-refractivity contribution in [2.24, 2.45) is 11.7 Å². The monoisotopic (exact) mass is 211 g/mol. The summed E-state index contributed by atoms with van der Waals surface area (Å²) in [5.74, 6) is -3.08. The lowest BCUT2D eigenvalue weighted by molar-refractivity contribution is -0.156. The third kappa shape index (κ3) is 3.78. The standard InChI is InChI=1S/C8H12F3NO2/c1-5(8(9,10)11)3-4-7(2,12)6(13)14/h3-5H,12H2,1-2H3,(H,13,14)/b4-3+. The van der Waals surface area contributed by atoms with E-state index in [0.717, 1.165) is 26.0 Å². The summed E-state index contributed by atoms with van der Waals surface area (Å²) in [7, 11) is 0. The van der Waals surface area contributed by atoms with Crippen LogP contribution in [0, 0.1) is 5.92 Å². The number of hydrogen-bond donors (Lipinski definition) is 2. The molecular formula is C8H12F3NO2. The Balaban J connectivity index is 4.53. The fourth-order valence-corrected chi connectivity index (χ4v) is 0.525. The third-order valence-electron chi connectivity index (χ3n) is 1.71. The molecular weight excluding hydrogens is 199 g/mol. The van der Waals surface area contributed by atoms with Gasteiger partial charge in [0.05, 0.1) is 5.92 Å². The van der Waals surface area contributed by atoms with Crippen molar-refractivity contribution >= 4 is 5.97 Å². The van der Waals surface area contributed by atoms with Crippen LogP contribution in [0.1, 0.15) is 13.8 Å². The van der Waals surface area contributed by atoms with Crippen LogP contribution >= 0.6 is 0 Å². The predicted octanol–water partition coefficient (Wildman–Crippen LogP) is 1.54. The second-order valence-electron chi connectivity index (χ2n) is 3.28. The normalized spacial score (nSPS) is 19.3. The Morgan fingerprint density at radius 2 is 1.93 bits per heavy atom. The van der Waals surface area contributed by atoms with Gasteiger partial charge in [0.1, 0.15) is 5.54 Å². The zero-order valence-electron chi connectivity index (χ0n) is 7.80. The maximum absolute atomic E-state index is 12.0. The van der Waals surface area contributed by atoms with Crippen molar-refractivity contribution in [3.63, 3.8) is 0 Å². The van der Waals surface area contributed by atoms with Crippen LogP contribution in [-0.2, 0) is 4.79 Å². The molecule has 0 aliphatic rings. The lowest BCUT2D eigenvalue weighted by atomic mass is 10.0. The van der Waals surface area contributed by atoms with Gasteiger partial charge in [0.15, 0.2) is 0 Å². The van der Waals surface area contributed by atoms with Crippen LogP contribution in [0.25, 0.3) is 0 Å². The molecule has 3 nitrogen and oxygen atoms in total. The molecule has 82 valence electrons. The van der Waals surface area contributed by atoms with Crippen LogP contribution in [0.3, 0.4) is 0 Å². The summed E-state index contributed by atoms with van der Waals surface area (Å²) in [4.78, 5) is 10.4. The Labute approximate surface area is 79.4 Å². The van der Waals surface area contributed by atoms with E-state index in [1.165, 1.54) is 0 Å². The van der Waals surface area contributed by atoms with Crippen LogP contribution in [0.4, 0.5) is 13.2 Å². The molecule has 0 spiro atoms. The molecule has 0 rings (SSSR count). The summed E-state index contributed by atoms with van der Waals surface area (Å²) >= 11 is 0. The molecule has 0 aliphatic heterocycles. The van der Waals surface area contributed by atoms with E-state index in [9.17, 15) is 18.0 Å². The first-order valence-electron chi connectivity index (χ1n) is 3.85. The largest absolute Gasteiger partial charge is 0.480 e. The topological polar surface area (TPSA) is 63.3 Å². The molecule has 0 bridgehead atoms. The number of carbonyl (C=O) groups is 1. The molecule has 0 aromatic heterocycles. The Morgan fingerprint density at radius 3 is 2.21 bits per heavy atom. The summed E-state index contributed by atoms with van der Waals surface area (Å²) in [5, 5.41) is 8.50. The maximum Gasteiger partial charge on any atom is 0.394 e. The minimum absolute atomic E-state index is 0.744. The van der Waals surface area contributed by atoms with Gasteiger partial charge in [-0.2, -0.15) is 13.2 Å². The first kappa shape index (κ1) is 13.0. The number of rotatable bonds is 3. The molecule has 0 aromatic rings. The minimum atomic E-state index is -4.37. The lowest BCUT2D eigenvalue weighted by Gasteiger charge is -2.16. The van der Waals surface area contributed by atoms with Gasteiger partial charge in [0, 0.05) is 0 Å². The van der Waals surface area contributed by atoms with Gasteiger partial charge in [-0.25, -0.2) is 4.79 Å². The molecule has 2 unspecified atom stereocenters. The first-order valence-corrected chi connectivity index (χ1v) is 3.85. The highest BCUT2D eigenvalue weighted by molar-refractivity contribution is 5.80. The molecule has 0 amide bonds. The van der Waals surface area contributed by atoms with Crippen molar-refractivity contribution < 1.29 is 23.1 Å². The average molecular weight is 211 g/mol. The van der Waals surface area contributed by atoms with E-state index in [0.29, 0.717) is 0 Å². The van der Waals surface area contributed by atoms with Gasteiger partial charge in [0.2, 0.25) is 0 Å². The smallest absolute Gasteiger partial charge is 0.394 e. The van der Waals surface area contributed by atoms with Crippen LogP contribution in [0.5, 0.6) is 0 Å². The Morgan fingerprint density at radius 1 is 1.50 bits per heavy atom. The van der Waals surface area contributed by atoms with Crippen LogP contribution < -0.4 is 5.73 Å². The molecule has 0 aromatic carbocycles. The lowest BCUT2D eigenvalue weighted by Crippen LogP contribution is -2.42. The SMILES string of the molecule is CC(/C=C/C(C)(N)C(=O)O)C(F)(F)F. The molecule has 0 heterocycles. The Bertz CT molecular complexity index is 245. The molecule has 6 heteroatoms. The van der Waals surface area contributed by atoms with E-state index in [-0.39, 0.29) is 0 Å². The van der Waals surface area contributed by atoms with Crippen molar-refractivity contribution in [3.05, 3.63) is 12.2 Å². The summed E-state index contributed by atoms with van der Waals surface area (Å²) in [6.07, 6.45) is -2.79. The number of allylic oxidation sites excluding steroid dienone is 1. The number of hydrogen-bond acceptors (Lipinski definition) is 2. The van der Waals surface area contributed by atoms with E-state index >= 15 is 0 Å². The molecule has 0 saturated carbocycles. The Hall–Kier alpha value is -1.04. The number of alkyl halides is 3. The van der Waals surface area contributed by atoms with Gasteiger partial charge in [0.25, 0.3) is 0 Å². The Kier molecular flexibility index (Phi) is 3.70. The van der Waals surface area contributed by atoms with E-state index in [1.54, 1.807) is 0 Å². The van der Waals surface area contributed by atoms with Crippen molar-refractivity contribution in [1.82, 2.24) is 0 Å². The number of carboxylic acid groups (broad SMARTS) is 1. The molecule has 2 atom stereocenters. The highest BCUT2D eigenvalue weighted by Gasteiger charge is 2.35. The van der Waals surface area contributed by atoms with Gasteiger partial charge >= 0.3 is 12.1 Å². The maximum atomic E-state index is 12.0. The number of aliphatic carboxylic acids is 1. The zero-order chi connectivity index (χ0) is 11.6. The first-order chi connectivity index (χ1) is 6.07. The van der Waals surface area contributed by atoms with Gasteiger partial charge in [-0.3, -0.25) is 0 Å². The quantitative estimate of drug-likeness (QED) is 0.696. The van der Waals surface area contributed by atoms with Crippen LogP contribution in [0.2, 0.25) is 0 Å². The minimum Gasteiger partial charge on any atom is -0.480 e. The fourth-order valence-electron chi connectivity index (χ4n) is 0.525. The average Bonchev–Trinajstić information content (AvgIpc) is 1.98. The number of carboxylic acids is 1. The molecule has 0 radical (unpaired) electrons. The molecule has 0 fully saturated rings. The molecule has 0 aliphatic carbocycles. The summed E-state index contributed by atoms with van der Waals surface area (Å²) in [6, 6.07) is 0. The van der Waals surface area contributed by atoms with Gasteiger partial charge in [-0.15, -0.1) is 0 Å². The molecule has 0 saturated heterocycles. The summed E-state index contributed by atoms with van der Waals surface area (Å²) < 4.78 is 36.0. The van der Waals surface area contributed by atoms with E-state index in [4.69, 9.17) is 10.8 Å². The third-order valence-corrected chi connectivity index (χ3v) is 1.71. The van der Waals surface area contributed by atoms with Crippen LogP contribution in [-0.4, -0.2) is 22.8 Å². The highest BCUT2D eigenvalue weighted by Crippen LogP contribution is 2.27.